The van der Waals surface area contributed by atoms with Crippen LogP contribution in [-0.2, 0) is 0 Å². The first-order valence-electron chi connectivity index (χ1n) is 12.7. The summed E-state index contributed by atoms with van der Waals surface area (Å²) in [6.45, 7) is 5.28. The van der Waals surface area contributed by atoms with E-state index >= 15 is 0 Å². The van der Waals surface area contributed by atoms with Gasteiger partial charge in [-0.15, -0.1) is 0 Å². The smallest absolute Gasteiger partial charge is 0.347 e. The molecule has 37 heavy (non-hydrogen) atoms. The van der Waals surface area contributed by atoms with E-state index < -0.39 is 11.9 Å². The van der Waals surface area contributed by atoms with Crippen LogP contribution in [-0.4, -0.2) is 25.2 Å². The van der Waals surface area contributed by atoms with Crippen LogP contribution in [0.2, 0.25) is 5.02 Å². The van der Waals surface area contributed by atoms with Crippen LogP contribution in [0.4, 0.5) is 0 Å². The SMILES string of the molecule is CCCCCOc1ccccc1C(=O)Oc1ccc(OC(=O)c2ccccc2OCCCCC)c(Cl)c1. The van der Waals surface area contributed by atoms with E-state index in [1.54, 1.807) is 48.5 Å². The van der Waals surface area contributed by atoms with Crippen LogP contribution in [0.5, 0.6) is 23.0 Å². The maximum atomic E-state index is 12.8. The van der Waals surface area contributed by atoms with Crippen LogP contribution in [0, 0.1) is 0 Å². The molecule has 0 amide bonds. The molecular weight excluding hydrogens is 492 g/mol. The van der Waals surface area contributed by atoms with Gasteiger partial charge in [-0.3, -0.25) is 0 Å². The Labute approximate surface area is 223 Å². The van der Waals surface area contributed by atoms with Crippen LogP contribution < -0.4 is 18.9 Å². The van der Waals surface area contributed by atoms with E-state index in [0.29, 0.717) is 35.8 Å². The lowest BCUT2D eigenvalue weighted by atomic mass is 10.2. The molecule has 0 atom stereocenters. The molecule has 196 valence electrons. The van der Waals surface area contributed by atoms with Crippen molar-refractivity contribution in [1.82, 2.24) is 0 Å². The summed E-state index contributed by atoms with van der Waals surface area (Å²) < 4.78 is 22.6. The van der Waals surface area contributed by atoms with Crippen LogP contribution in [0.15, 0.2) is 66.7 Å². The van der Waals surface area contributed by atoms with Gasteiger partial charge in [-0.05, 0) is 49.2 Å². The first-order chi connectivity index (χ1) is 18.0. The third-order valence-corrected chi connectivity index (χ3v) is 5.84. The Morgan fingerprint density at radius 3 is 1.68 bits per heavy atom. The molecule has 3 aromatic rings. The number of hydrogen-bond donors (Lipinski definition) is 0. The molecule has 6 nitrogen and oxygen atoms in total. The minimum atomic E-state index is -0.591. The highest BCUT2D eigenvalue weighted by Crippen LogP contribution is 2.31. The summed E-state index contributed by atoms with van der Waals surface area (Å²) in [6.07, 6.45) is 6.08. The topological polar surface area (TPSA) is 71.1 Å². The summed E-state index contributed by atoms with van der Waals surface area (Å²) >= 11 is 6.35. The molecule has 0 aliphatic rings. The quantitative estimate of drug-likeness (QED) is 0.121. The van der Waals surface area contributed by atoms with E-state index in [-0.39, 0.29) is 16.5 Å². The van der Waals surface area contributed by atoms with E-state index in [1.807, 2.05) is 0 Å². The van der Waals surface area contributed by atoms with Gasteiger partial charge in [-0.1, -0.05) is 75.4 Å². The van der Waals surface area contributed by atoms with Crippen molar-refractivity contribution in [3.63, 3.8) is 0 Å². The van der Waals surface area contributed by atoms with E-state index in [9.17, 15) is 9.59 Å². The maximum absolute atomic E-state index is 12.8. The molecule has 0 N–H and O–H groups in total. The number of carbonyl (C=O) groups excluding carboxylic acids is 2. The average molecular weight is 525 g/mol. The highest BCUT2D eigenvalue weighted by molar-refractivity contribution is 6.32. The third-order valence-electron chi connectivity index (χ3n) is 5.54. The van der Waals surface area contributed by atoms with Gasteiger partial charge in [0.2, 0.25) is 0 Å². The van der Waals surface area contributed by atoms with E-state index in [1.165, 1.54) is 18.2 Å². The molecular formula is C30H33ClO6. The van der Waals surface area contributed by atoms with E-state index in [4.69, 9.17) is 30.5 Å². The number of esters is 2. The van der Waals surface area contributed by atoms with Crippen LogP contribution in [0.3, 0.4) is 0 Å². The molecule has 7 heteroatoms. The highest BCUT2D eigenvalue weighted by atomic mass is 35.5. The number of ether oxygens (including phenoxy) is 4. The monoisotopic (exact) mass is 524 g/mol. The molecule has 3 rings (SSSR count). The number of carbonyl (C=O) groups is 2. The molecule has 0 aromatic heterocycles. The maximum Gasteiger partial charge on any atom is 0.347 e. The molecule has 0 aliphatic heterocycles. The molecule has 0 unspecified atom stereocenters. The fourth-order valence-corrected chi connectivity index (χ4v) is 3.74. The third kappa shape index (κ3) is 8.53. The van der Waals surface area contributed by atoms with Gasteiger partial charge in [0.05, 0.1) is 18.2 Å². The van der Waals surface area contributed by atoms with Crippen LogP contribution in [0.25, 0.3) is 0 Å². The summed E-state index contributed by atoms with van der Waals surface area (Å²) in [5.41, 5.74) is 0.627. The summed E-state index contributed by atoms with van der Waals surface area (Å²) in [6, 6.07) is 18.3. The van der Waals surface area contributed by atoms with Gasteiger partial charge in [0.1, 0.15) is 34.1 Å². The second-order valence-corrected chi connectivity index (χ2v) is 8.88. The van der Waals surface area contributed by atoms with Crippen molar-refractivity contribution in [2.45, 2.75) is 52.4 Å². The summed E-state index contributed by atoms with van der Waals surface area (Å²) in [5, 5.41) is 0.129. The van der Waals surface area contributed by atoms with Crippen molar-refractivity contribution in [3.05, 3.63) is 82.9 Å². The Balaban J connectivity index is 1.64. The van der Waals surface area contributed by atoms with Crippen molar-refractivity contribution in [1.29, 1.82) is 0 Å². The molecule has 0 spiro atoms. The van der Waals surface area contributed by atoms with Gasteiger partial charge >= 0.3 is 11.9 Å². The minimum absolute atomic E-state index is 0.129. The zero-order valence-corrected chi connectivity index (χ0v) is 22.1. The van der Waals surface area contributed by atoms with Crippen LogP contribution in [0.1, 0.15) is 73.1 Å². The van der Waals surface area contributed by atoms with Crippen molar-refractivity contribution in [2.75, 3.05) is 13.2 Å². The average Bonchev–Trinajstić information content (AvgIpc) is 2.91. The lowest BCUT2D eigenvalue weighted by molar-refractivity contribution is 0.0714. The van der Waals surface area contributed by atoms with Crippen molar-refractivity contribution in [3.8, 4) is 23.0 Å². The van der Waals surface area contributed by atoms with Crippen molar-refractivity contribution < 1.29 is 28.5 Å². The Morgan fingerprint density at radius 1 is 0.649 bits per heavy atom. The molecule has 0 saturated carbocycles. The van der Waals surface area contributed by atoms with Gasteiger partial charge in [0.25, 0.3) is 0 Å². The van der Waals surface area contributed by atoms with E-state index in [2.05, 4.69) is 13.8 Å². The number of benzene rings is 3. The predicted molar refractivity (Wildman–Crippen MR) is 144 cm³/mol. The molecule has 0 radical (unpaired) electrons. The molecule has 0 aliphatic carbocycles. The predicted octanol–water partition coefficient (Wildman–Crippen LogP) is 7.92. The number of rotatable bonds is 14. The number of halogens is 1. The first-order valence-corrected chi connectivity index (χ1v) is 13.1. The van der Waals surface area contributed by atoms with Gasteiger partial charge in [-0.2, -0.15) is 0 Å². The van der Waals surface area contributed by atoms with Crippen molar-refractivity contribution >= 4 is 23.5 Å². The Bertz CT molecular complexity index is 1180. The van der Waals surface area contributed by atoms with Crippen LogP contribution >= 0.6 is 11.6 Å². The lowest BCUT2D eigenvalue weighted by Gasteiger charge is -2.13. The molecule has 0 bridgehead atoms. The van der Waals surface area contributed by atoms with Gasteiger partial charge in [-0.25, -0.2) is 9.59 Å². The zero-order chi connectivity index (χ0) is 26.5. The normalized spacial score (nSPS) is 10.6. The van der Waals surface area contributed by atoms with Gasteiger partial charge in [0, 0.05) is 6.07 Å². The number of para-hydroxylation sites is 2. The molecule has 0 fully saturated rings. The second-order valence-electron chi connectivity index (χ2n) is 8.47. The molecule has 3 aromatic carbocycles. The van der Waals surface area contributed by atoms with Gasteiger partial charge in [0.15, 0.2) is 0 Å². The highest BCUT2D eigenvalue weighted by Gasteiger charge is 2.18. The minimum Gasteiger partial charge on any atom is -0.493 e. The zero-order valence-electron chi connectivity index (χ0n) is 21.3. The molecule has 0 saturated heterocycles. The lowest BCUT2D eigenvalue weighted by Crippen LogP contribution is -2.12. The summed E-state index contributed by atoms with van der Waals surface area (Å²) in [4.78, 5) is 25.6. The molecule has 0 heterocycles. The van der Waals surface area contributed by atoms with Crippen molar-refractivity contribution in [2.24, 2.45) is 0 Å². The summed E-state index contributed by atoms with van der Waals surface area (Å²) in [5.74, 6) is 0.131. The second kappa shape index (κ2) is 14.9. The largest absolute Gasteiger partial charge is 0.493 e. The Hall–Kier alpha value is -3.51. The standard InChI is InChI=1S/C30H33ClO6/c1-3-5-11-19-34-26-15-9-7-13-23(26)29(32)36-22-17-18-28(25(31)21-22)37-30(33)24-14-8-10-16-27(24)35-20-12-6-4-2/h7-10,13-18,21H,3-6,11-12,19-20H2,1-2H3. The van der Waals surface area contributed by atoms with Gasteiger partial charge < -0.3 is 18.9 Å². The summed E-state index contributed by atoms with van der Waals surface area (Å²) in [7, 11) is 0. The fraction of sp³-hybridized carbons (Fsp3) is 0.333. The number of hydrogen-bond acceptors (Lipinski definition) is 6. The first kappa shape index (κ1) is 28.1. The Morgan fingerprint density at radius 2 is 1.16 bits per heavy atom. The number of unbranched alkanes of at least 4 members (excludes halogenated alkanes) is 4. The fourth-order valence-electron chi connectivity index (χ4n) is 3.54. The Kier molecular flexibility index (Phi) is 11.3. The van der Waals surface area contributed by atoms with E-state index in [0.717, 1.165) is 38.5 Å².